The maximum Gasteiger partial charge on any atom is 0.469 e. The number of esters is 2. The zero-order valence-electron chi connectivity index (χ0n) is 32.0. The first-order chi connectivity index (χ1) is 24.3. The number of hydrogen-bond donors (Lipinski definition) is 2. The minimum absolute atomic E-state index is 0.196. The summed E-state index contributed by atoms with van der Waals surface area (Å²) in [6, 6.07) is 0. The number of carbonyl (C=O) groups excluding carboxylic acids is 2. The van der Waals surface area contributed by atoms with E-state index in [1.54, 1.807) is 0 Å². The summed E-state index contributed by atoms with van der Waals surface area (Å²) in [5.74, 6) is -0.901. The van der Waals surface area contributed by atoms with Crippen LogP contribution in [0.2, 0.25) is 0 Å². The van der Waals surface area contributed by atoms with E-state index in [-0.39, 0.29) is 19.4 Å². The Bertz CT molecular complexity index is 910. The van der Waals surface area contributed by atoms with Crippen molar-refractivity contribution in [3.63, 3.8) is 0 Å². The van der Waals surface area contributed by atoms with Crippen molar-refractivity contribution in [2.24, 2.45) is 0 Å². The largest absolute Gasteiger partial charge is 0.469 e. The molecule has 50 heavy (non-hydrogen) atoms. The average molecular weight is 727 g/mol. The standard InChI is InChI=1S/C41H75O8P/c1-3-5-7-9-11-13-15-17-19-20-22-23-25-27-29-31-33-35-40(42)47-37-39(38-48-50(44,45)46)49-41(43)36-34-32-30-28-26-24-21-18-16-14-12-10-8-6-4-2/h12-15,18,21,39H,3-11,16-17,19-20,22-38H2,1-2H3,(H2,44,45,46)/b14-12+,15-13+,21-18+/t39-/m1/s1. The normalized spacial score (nSPS) is 12.8. The minimum Gasteiger partial charge on any atom is -0.462 e. The van der Waals surface area contributed by atoms with Crippen molar-refractivity contribution in [2.75, 3.05) is 13.2 Å². The molecule has 0 aromatic heterocycles. The third-order valence-electron chi connectivity index (χ3n) is 8.63. The van der Waals surface area contributed by atoms with Gasteiger partial charge in [0.1, 0.15) is 6.61 Å². The molecule has 0 spiro atoms. The fourth-order valence-corrected chi connectivity index (χ4v) is 5.93. The molecule has 0 saturated carbocycles. The first-order valence-corrected chi connectivity index (χ1v) is 21.8. The van der Waals surface area contributed by atoms with Crippen LogP contribution in [0.25, 0.3) is 0 Å². The highest BCUT2D eigenvalue weighted by Gasteiger charge is 2.22. The van der Waals surface area contributed by atoms with E-state index >= 15 is 0 Å². The fraction of sp³-hybridized carbons (Fsp3) is 0.805. The van der Waals surface area contributed by atoms with Gasteiger partial charge in [-0.05, 0) is 70.6 Å². The van der Waals surface area contributed by atoms with Gasteiger partial charge in [0, 0.05) is 12.8 Å². The van der Waals surface area contributed by atoms with Crippen molar-refractivity contribution in [1.82, 2.24) is 0 Å². The minimum atomic E-state index is -4.75. The molecule has 0 rings (SSSR count). The van der Waals surface area contributed by atoms with Crippen LogP contribution in [-0.4, -0.2) is 41.0 Å². The molecule has 0 heterocycles. The predicted molar refractivity (Wildman–Crippen MR) is 207 cm³/mol. The number of carbonyl (C=O) groups is 2. The van der Waals surface area contributed by atoms with Gasteiger partial charge >= 0.3 is 19.8 Å². The van der Waals surface area contributed by atoms with Crippen LogP contribution in [0.4, 0.5) is 0 Å². The Hall–Kier alpha value is -1.73. The molecule has 9 heteroatoms. The summed E-state index contributed by atoms with van der Waals surface area (Å²) < 4.78 is 26.3. The molecular formula is C41H75O8P. The van der Waals surface area contributed by atoms with Gasteiger partial charge in [-0.2, -0.15) is 0 Å². The quantitative estimate of drug-likeness (QED) is 0.0281. The molecule has 8 nitrogen and oxygen atoms in total. The molecule has 2 N–H and O–H groups in total. The molecule has 1 atom stereocenters. The predicted octanol–water partition coefficient (Wildman–Crippen LogP) is 12.2. The van der Waals surface area contributed by atoms with Gasteiger partial charge < -0.3 is 19.3 Å². The smallest absolute Gasteiger partial charge is 0.462 e. The van der Waals surface area contributed by atoms with Crippen molar-refractivity contribution in [3.05, 3.63) is 36.5 Å². The van der Waals surface area contributed by atoms with Gasteiger partial charge in [-0.3, -0.25) is 14.1 Å². The van der Waals surface area contributed by atoms with Gasteiger partial charge in [0.25, 0.3) is 0 Å². The number of unbranched alkanes of at least 4 members (excludes halogenated alkanes) is 21. The van der Waals surface area contributed by atoms with Gasteiger partial charge in [0.05, 0.1) is 6.61 Å². The number of phosphoric acid groups is 1. The van der Waals surface area contributed by atoms with Crippen molar-refractivity contribution >= 4 is 19.8 Å². The van der Waals surface area contributed by atoms with Crippen molar-refractivity contribution in [2.45, 2.75) is 200 Å². The zero-order valence-corrected chi connectivity index (χ0v) is 32.9. The van der Waals surface area contributed by atoms with Gasteiger partial charge in [0.15, 0.2) is 6.10 Å². The third kappa shape index (κ3) is 39.1. The lowest BCUT2D eigenvalue weighted by Crippen LogP contribution is -2.29. The first-order valence-electron chi connectivity index (χ1n) is 20.3. The summed E-state index contributed by atoms with van der Waals surface area (Å²) >= 11 is 0. The summed E-state index contributed by atoms with van der Waals surface area (Å²) in [4.78, 5) is 42.8. The van der Waals surface area contributed by atoms with E-state index in [4.69, 9.17) is 19.3 Å². The van der Waals surface area contributed by atoms with Gasteiger partial charge in [-0.15, -0.1) is 0 Å². The lowest BCUT2D eigenvalue weighted by atomic mass is 10.1. The molecule has 292 valence electrons. The van der Waals surface area contributed by atoms with Crippen LogP contribution in [0.1, 0.15) is 194 Å². The Morgan fingerprint density at radius 2 is 0.900 bits per heavy atom. The molecule has 0 radical (unpaired) electrons. The Kier molecular flexibility index (Phi) is 35.8. The molecule has 0 aromatic rings. The van der Waals surface area contributed by atoms with E-state index in [0.29, 0.717) is 6.42 Å². The lowest BCUT2D eigenvalue weighted by molar-refractivity contribution is -0.161. The van der Waals surface area contributed by atoms with E-state index in [1.165, 1.54) is 103 Å². The van der Waals surface area contributed by atoms with Gasteiger partial charge in [0.2, 0.25) is 0 Å². The van der Waals surface area contributed by atoms with Crippen molar-refractivity contribution in [3.8, 4) is 0 Å². The highest BCUT2D eigenvalue weighted by molar-refractivity contribution is 7.46. The summed E-state index contributed by atoms with van der Waals surface area (Å²) in [5, 5.41) is 0. The molecule has 0 bridgehead atoms. The molecular weight excluding hydrogens is 651 g/mol. The second kappa shape index (κ2) is 37.0. The second-order valence-corrected chi connectivity index (χ2v) is 14.8. The lowest BCUT2D eigenvalue weighted by Gasteiger charge is -2.18. The number of hydrogen-bond acceptors (Lipinski definition) is 6. The maximum atomic E-state index is 12.4. The Labute approximate surface area is 306 Å². The van der Waals surface area contributed by atoms with Crippen molar-refractivity contribution in [1.29, 1.82) is 0 Å². The Morgan fingerprint density at radius 1 is 0.520 bits per heavy atom. The van der Waals surface area contributed by atoms with Crippen LogP contribution in [0.3, 0.4) is 0 Å². The summed E-state index contributed by atoms with van der Waals surface area (Å²) in [7, 11) is -4.75. The topological polar surface area (TPSA) is 119 Å². The maximum absolute atomic E-state index is 12.4. The van der Waals surface area contributed by atoms with E-state index < -0.39 is 32.5 Å². The average Bonchev–Trinajstić information content (AvgIpc) is 3.08. The number of rotatable bonds is 37. The van der Waals surface area contributed by atoms with Crippen LogP contribution in [0.15, 0.2) is 36.5 Å². The second-order valence-electron chi connectivity index (χ2n) is 13.6. The summed E-state index contributed by atoms with van der Waals surface area (Å²) in [5.41, 5.74) is 0. The van der Waals surface area contributed by atoms with E-state index in [9.17, 15) is 14.2 Å². The highest BCUT2D eigenvalue weighted by Crippen LogP contribution is 2.36. The molecule has 0 fully saturated rings. The molecule has 0 aliphatic heterocycles. The Balaban J connectivity index is 3.94. The molecule has 0 aliphatic carbocycles. The Morgan fingerprint density at radius 3 is 1.38 bits per heavy atom. The zero-order chi connectivity index (χ0) is 36.8. The van der Waals surface area contributed by atoms with Crippen LogP contribution in [0, 0.1) is 0 Å². The highest BCUT2D eigenvalue weighted by atomic mass is 31.2. The third-order valence-corrected chi connectivity index (χ3v) is 9.12. The van der Waals surface area contributed by atoms with Crippen LogP contribution < -0.4 is 0 Å². The summed E-state index contributed by atoms with van der Waals surface area (Å²) in [6.45, 7) is 3.63. The van der Waals surface area contributed by atoms with Gasteiger partial charge in [-0.25, -0.2) is 4.57 Å². The first kappa shape index (κ1) is 48.3. The van der Waals surface area contributed by atoms with E-state index in [1.807, 2.05) is 0 Å². The summed E-state index contributed by atoms with van der Waals surface area (Å²) in [6.07, 6.45) is 42.9. The molecule has 0 aliphatic rings. The molecule has 0 saturated heterocycles. The van der Waals surface area contributed by atoms with Gasteiger partial charge in [-0.1, -0.05) is 147 Å². The number of phosphoric ester groups is 1. The number of allylic oxidation sites excluding steroid dienone is 6. The van der Waals surface area contributed by atoms with Crippen molar-refractivity contribution < 1.29 is 37.9 Å². The van der Waals surface area contributed by atoms with Crippen LogP contribution in [0.5, 0.6) is 0 Å². The molecule has 0 unspecified atom stereocenters. The van der Waals surface area contributed by atoms with E-state index in [2.05, 4.69) is 54.8 Å². The van der Waals surface area contributed by atoms with Crippen LogP contribution >= 0.6 is 7.82 Å². The van der Waals surface area contributed by atoms with Crippen LogP contribution in [-0.2, 0) is 28.2 Å². The number of ether oxygens (including phenoxy) is 2. The fourth-order valence-electron chi connectivity index (χ4n) is 5.57. The van der Waals surface area contributed by atoms with E-state index in [0.717, 1.165) is 57.8 Å². The molecule has 0 aromatic carbocycles. The molecule has 0 amide bonds. The SMILES string of the molecule is CCCCC/C=C/C/C=C/CCCCCCCC(=O)O[C@H](COC(=O)CCCCCCCCCCC/C=C/CCCCCC)COP(=O)(O)O. The monoisotopic (exact) mass is 727 g/mol.